The van der Waals surface area contributed by atoms with Crippen LogP contribution in [0.5, 0.6) is 0 Å². The second-order valence-corrected chi connectivity index (χ2v) is 7.36. The molecule has 1 saturated heterocycles. The predicted octanol–water partition coefficient (Wildman–Crippen LogP) is 2.68. The summed E-state index contributed by atoms with van der Waals surface area (Å²) >= 11 is 0. The van der Waals surface area contributed by atoms with Crippen LogP contribution in [0.1, 0.15) is 38.5 Å². The zero-order valence-corrected chi connectivity index (χ0v) is 15.9. The van der Waals surface area contributed by atoms with Crippen LogP contribution in [0.3, 0.4) is 0 Å². The van der Waals surface area contributed by atoms with Crippen molar-refractivity contribution in [3.05, 3.63) is 59.0 Å². The number of pyridine rings is 1. The molecule has 7 nitrogen and oxygen atoms in total. The molecular formula is C21H22N4O3. The fraction of sp³-hybridized carbons (Fsp3) is 0.333. The van der Waals surface area contributed by atoms with Crippen LogP contribution in [0.15, 0.2) is 36.5 Å². The Morgan fingerprint density at radius 1 is 1.21 bits per heavy atom. The minimum atomic E-state index is -0.919. The van der Waals surface area contributed by atoms with E-state index in [4.69, 9.17) is 5.11 Å². The van der Waals surface area contributed by atoms with E-state index < -0.39 is 5.97 Å². The molecule has 1 amide bonds. The number of imidazole rings is 1. The fourth-order valence-corrected chi connectivity index (χ4v) is 3.83. The zero-order chi connectivity index (χ0) is 19.8. The summed E-state index contributed by atoms with van der Waals surface area (Å²) in [6.07, 6.45) is 3.42. The number of aromatic carboxylic acids is 1. The van der Waals surface area contributed by atoms with Crippen LogP contribution < -0.4 is 0 Å². The molecule has 1 unspecified atom stereocenters. The molecule has 0 bridgehead atoms. The summed E-state index contributed by atoms with van der Waals surface area (Å²) in [5, 5.41) is 9.00. The highest BCUT2D eigenvalue weighted by Gasteiger charge is 2.29. The van der Waals surface area contributed by atoms with E-state index in [9.17, 15) is 9.59 Å². The molecule has 1 aromatic carbocycles. The summed E-state index contributed by atoms with van der Waals surface area (Å²) in [6.45, 7) is 3.30. The minimum absolute atomic E-state index is 0.00535. The lowest BCUT2D eigenvalue weighted by Gasteiger charge is -2.17. The third kappa shape index (κ3) is 3.24. The van der Waals surface area contributed by atoms with Gasteiger partial charge < -0.3 is 14.6 Å². The highest BCUT2D eigenvalue weighted by molar-refractivity contribution is 6.04. The van der Waals surface area contributed by atoms with Gasteiger partial charge in [-0.05, 0) is 49.4 Å². The molecule has 1 N–H and O–H groups in total. The van der Waals surface area contributed by atoms with Gasteiger partial charge in [-0.1, -0.05) is 12.1 Å². The molecule has 0 saturated carbocycles. The van der Waals surface area contributed by atoms with Crippen LogP contribution in [-0.4, -0.2) is 49.5 Å². The summed E-state index contributed by atoms with van der Waals surface area (Å²) in [4.78, 5) is 34.8. The Morgan fingerprint density at radius 2 is 1.96 bits per heavy atom. The van der Waals surface area contributed by atoms with Gasteiger partial charge in [-0.15, -0.1) is 0 Å². The van der Waals surface area contributed by atoms with E-state index in [0.717, 1.165) is 29.9 Å². The standard InChI is InChI=1S/C21H22N4O3/c1-13-23-18-17(7-9-22-19(18)24(13)2)20(26)25-10-8-15(12-25)11-14-3-5-16(6-4-14)21(27)28/h3-7,9,15H,8,10-12H2,1-2H3,(H,27,28). The molecule has 1 aliphatic rings. The van der Waals surface area contributed by atoms with E-state index in [1.165, 1.54) is 0 Å². The number of amides is 1. The van der Waals surface area contributed by atoms with Gasteiger partial charge in [-0.3, -0.25) is 4.79 Å². The van der Waals surface area contributed by atoms with Crippen molar-refractivity contribution in [2.24, 2.45) is 13.0 Å². The van der Waals surface area contributed by atoms with Gasteiger partial charge in [0.25, 0.3) is 5.91 Å². The molecule has 0 aliphatic carbocycles. The van der Waals surface area contributed by atoms with Crippen LogP contribution >= 0.6 is 0 Å². The van der Waals surface area contributed by atoms with Crippen molar-refractivity contribution >= 4 is 23.0 Å². The highest BCUT2D eigenvalue weighted by Crippen LogP contribution is 2.25. The lowest BCUT2D eigenvalue weighted by atomic mass is 9.98. The Kier molecular flexibility index (Phi) is 4.58. The number of nitrogens with zero attached hydrogens (tertiary/aromatic N) is 4. The van der Waals surface area contributed by atoms with E-state index in [-0.39, 0.29) is 5.91 Å². The molecule has 4 rings (SSSR count). The van der Waals surface area contributed by atoms with Gasteiger partial charge in [0.2, 0.25) is 0 Å². The first-order valence-electron chi connectivity index (χ1n) is 9.33. The highest BCUT2D eigenvalue weighted by atomic mass is 16.4. The Hall–Kier alpha value is -3.22. The maximum Gasteiger partial charge on any atom is 0.335 e. The summed E-state index contributed by atoms with van der Waals surface area (Å²) in [7, 11) is 1.90. The van der Waals surface area contributed by atoms with Crippen molar-refractivity contribution in [2.75, 3.05) is 13.1 Å². The molecule has 144 valence electrons. The number of carboxylic acids is 1. The molecule has 0 radical (unpaired) electrons. The fourth-order valence-electron chi connectivity index (χ4n) is 3.83. The smallest absolute Gasteiger partial charge is 0.335 e. The first-order chi connectivity index (χ1) is 13.4. The van der Waals surface area contributed by atoms with Gasteiger partial charge in [-0.2, -0.15) is 0 Å². The number of aryl methyl sites for hydroxylation is 2. The lowest BCUT2D eigenvalue weighted by Crippen LogP contribution is -2.29. The van der Waals surface area contributed by atoms with Crippen LogP contribution in [0.4, 0.5) is 0 Å². The quantitative estimate of drug-likeness (QED) is 0.754. The maximum atomic E-state index is 13.1. The number of benzene rings is 1. The molecule has 1 atom stereocenters. The Labute approximate surface area is 162 Å². The van der Waals surface area contributed by atoms with E-state index >= 15 is 0 Å². The van der Waals surface area contributed by atoms with E-state index in [2.05, 4.69) is 9.97 Å². The first kappa shape index (κ1) is 18.2. The van der Waals surface area contributed by atoms with Gasteiger partial charge in [0, 0.05) is 26.3 Å². The predicted molar refractivity (Wildman–Crippen MR) is 104 cm³/mol. The number of hydrogen-bond donors (Lipinski definition) is 1. The third-order valence-corrected chi connectivity index (χ3v) is 5.51. The van der Waals surface area contributed by atoms with Gasteiger partial charge in [0.05, 0.1) is 11.1 Å². The number of likely N-dealkylation sites (tertiary alicyclic amines) is 1. The van der Waals surface area contributed by atoms with Crippen molar-refractivity contribution < 1.29 is 14.7 Å². The van der Waals surface area contributed by atoms with Crippen LogP contribution in [0.25, 0.3) is 11.2 Å². The van der Waals surface area contributed by atoms with Crippen molar-refractivity contribution in [3.8, 4) is 0 Å². The number of fused-ring (bicyclic) bond motifs is 1. The van der Waals surface area contributed by atoms with Crippen molar-refractivity contribution in [1.29, 1.82) is 0 Å². The average Bonchev–Trinajstić information content (AvgIpc) is 3.26. The third-order valence-electron chi connectivity index (χ3n) is 5.51. The summed E-state index contributed by atoms with van der Waals surface area (Å²) in [5.74, 6) is 0.265. The van der Waals surface area contributed by atoms with E-state index in [0.29, 0.717) is 35.7 Å². The molecule has 3 heterocycles. The van der Waals surface area contributed by atoms with Crippen molar-refractivity contribution in [2.45, 2.75) is 19.8 Å². The average molecular weight is 378 g/mol. The molecule has 0 spiro atoms. The number of hydrogen-bond acceptors (Lipinski definition) is 4. The first-order valence-corrected chi connectivity index (χ1v) is 9.33. The monoisotopic (exact) mass is 378 g/mol. The van der Waals surface area contributed by atoms with Gasteiger partial charge >= 0.3 is 5.97 Å². The Bertz CT molecular complexity index is 1060. The van der Waals surface area contributed by atoms with Gasteiger partial charge in [0.1, 0.15) is 11.3 Å². The number of carboxylic acid groups (broad SMARTS) is 1. The molecule has 3 aromatic rings. The topological polar surface area (TPSA) is 88.3 Å². The van der Waals surface area contributed by atoms with E-state index in [1.807, 2.05) is 35.6 Å². The number of carbonyl (C=O) groups is 2. The maximum absolute atomic E-state index is 13.1. The van der Waals surface area contributed by atoms with Crippen molar-refractivity contribution in [1.82, 2.24) is 19.4 Å². The zero-order valence-electron chi connectivity index (χ0n) is 15.9. The van der Waals surface area contributed by atoms with Crippen molar-refractivity contribution in [3.63, 3.8) is 0 Å². The van der Waals surface area contributed by atoms with Crippen LogP contribution in [0, 0.1) is 12.8 Å². The lowest BCUT2D eigenvalue weighted by molar-refractivity contribution is 0.0696. The molecule has 1 fully saturated rings. The molecule has 2 aromatic heterocycles. The largest absolute Gasteiger partial charge is 0.478 e. The molecular weight excluding hydrogens is 356 g/mol. The normalized spacial score (nSPS) is 16.6. The van der Waals surface area contributed by atoms with Crippen LogP contribution in [0.2, 0.25) is 0 Å². The Morgan fingerprint density at radius 3 is 2.68 bits per heavy atom. The minimum Gasteiger partial charge on any atom is -0.478 e. The van der Waals surface area contributed by atoms with Crippen LogP contribution in [-0.2, 0) is 13.5 Å². The summed E-state index contributed by atoms with van der Waals surface area (Å²) in [6, 6.07) is 8.72. The molecule has 1 aliphatic heterocycles. The second kappa shape index (κ2) is 7.07. The number of aromatic nitrogens is 3. The van der Waals surface area contributed by atoms with E-state index in [1.54, 1.807) is 24.4 Å². The number of rotatable bonds is 4. The van der Waals surface area contributed by atoms with Gasteiger partial charge in [-0.25, -0.2) is 14.8 Å². The second-order valence-electron chi connectivity index (χ2n) is 7.36. The molecule has 28 heavy (non-hydrogen) atoms. The van der Waals surface area contributed by atoms with Gasteiger partial charge in [0.15, 0.2) is 5.65 Å². The summed E-state index contributed by atoms with van der Waals surface area (Å²) in [5.41, 5.74) is 3.35. The molecule has 7 heteroatoms. The Balaban J connectivity index is 1.47. The summed E-state index contributed by atoms with van der Waals surface area (Å²) < 4.78 is 1.89. The number of carbonyl (C=O) groups excluding carboxylic acids is 1. The SMILES string of the molecule is Cc1nc2c(C(=O)N3CCC(Cc4ccc(C(=O)O)cc4)C3)ccnc2n1C.